The number of oxime groups is 1. The molecule has 5 N–H and O–H groups in total. The van der Waals surface area contributed by atoms with Gasteiger partial charge >= 0.3 is 5.97 Å². The first-order valence-electron chi connectivity index (χ1n) is 9.25. The number of anilines is 1. The van der Waals surface area contributed by atoms with E-state index in [0.29, 0.717) is 22.6 Å². The number of aromatic nitrogens is 2. The summed E-state index contributed by atoms with van der Waals surface area (Å²) in [4.78, 5) is 47.6. The fourth-order valence-corrected chi connectivity index (χ4v) is 5.84. The molecule has 2 unspecified atom stereocenters. The monoisotopic (exact) mass is 528 g/mol. The molecule has 0 aromatic carbocycles. The Bertz CT molecular complexity index is 1230. The zero-order chi connectivity index (χ0) is 23.9. The van der Waals surface area contributed by atoms with Crippen molar-refractivity contribution in [2.45, 2.75) is 29.8 Å². The van der Waals surface area contributed by atoms with E-state index in [4.69, 9.17) is 28.9 Å². The Hall–Kier alpha value is -2.87. The molecular formula is C18H14Cl2N6O5S2. The van der Waals surface area contributed by atoms with Crippen LogP contribution in [0, 0.1) is 0 Å². The van der Waals surface area contributed by atoms with Crippen molar-refractivity contribution < 1.29 is 24.7 Å². The second-order valence-corrected chi connectivity index (χ2v) is 10.1. The van der Waals surface area contributed by atoms with Crippen LogP contribution in [0.4, 0.5) is 5.13 Å². The lowest BCUT2D eigenvalue weighted by atomic mass is 9.86. The summed E-state index contributed by atoms with van der Waals surface area (Å²) >= 11 is 14.0. The van der Waals surface area contributed by atoms with Crippen molar-refractivity contribution >= 4 is 74.9 Å². The fourth-order valence-electron chi connectivity index (χ4n) is 3.59. The van der Waals surface area contributed by atoms with E-state index in [1.54, 1.807) is 12.1 Å². The Morgan fingerprint density at radius 1 is 1.39 bits per heavy atom. The fraction of sp³-hybridized carbons (Fsp3) is 0.222. The summed E-state index contributed by atoms with van der Waals surface area (Å²) in [5.41, 5.74) is 4.79. The van der Waals surface area contributed by atoms with Crippen LogP contribution in [-0.4, -0.2) is 60.8 Å². The van der Waals surface area contributed by atoms with Crippen molar-refractivity contribution in [1.82, 2.24) is 20.2 Å². The minimum absolute atomic E-state index is 0.0451. The van der Waals surface area contributed by atoms with Crippen LogP contribution >= 0.6 is 46.3 Å². The lowest BCUT2D eigenvalue weighted by molar-refractivity contribution is -0.155. The van der Waals surface area contributed by atoms with Crippen LogP contribution in [0.15, 0.2) is 39.0 Å². The molecule has 1 saturated heterocycles. The molecule has 2 aliphatic rings. The Morgan fingerprint density at radius 2 is 2.15 bits per heavy atom. The van der Waals surface area contributed by atoms with E-state index in [1.165, 1.54) is 18.0 Å². The topological polar surface area (TPSA) is 171 Å². The molecular weight excluding hydrogens is 515 g/mol. The second kappa shape index (κ2) is 9.17. The van der Waals surface area contributed by atoms with Crippen molar-refractivity contribution in [2.75, 3.05) is 5.73 Å². The number of nitrogens with two attached hydrogens (primary N) is 1. The third-order valence-electron chi connectivity index (χ3n) is 4.96. The highest BCUT2D eigenvalue weighted by molar-refractivity contribution is 8.03. The number of hydrogen-bond acceptors (Lipinski definition) is 10. The minimum Gasteiger partial charge on any atom is -0.477 e. The number of thiazole rings is 1. The molecule has 2 aromatic heterocycles. The number of nitrogens with zero attached hydrogens (tertiary/aromatic N) is 4. The Labute approximate surface area is 204 Å². The number of aliphatic carboxylic acids is 1. The van der Waals surface area contributed by atoms with E-state index in [1.807, 2.05) is 0 Å². The van der Waals surface area contributed by atoms with Crippen LogP contribution in [-0.2, 0) is 14.4 Å². The number of nitrogen functional groups attached to an aromatic ring is 1. The second-order valence-electron chi connectivity index (χ2n) is 6.88. The van der Waals surface area contributed by atoms with Crippen LogP contribution in [0.2, 0.25) is 9.49 Å². The van der Waals surface area contributed by atoms with E-state index in [2.05, 4.69) is 20.4 Å². The number of halogens is 2. The molecule has 2 atom stereocenters. The minimum atomic E-state index is -1.26. The van der Waals surface area contributed by atoms with Gasteiger partial charge in [-0.25, -0.2) is 14.8 Å². The van der Waals surface area contributed by atoms with Crippen molar-refractivity contribution in [1.29, 1.82) is 0 Å². The molecule has 172 valence electrons. The molecule has 33 heavy (non-hydrogen) atoms. The molecule has 0 bridgehead atoms. The highest BCUT2D eigenvalue weighted by atomic mass is 35.5. The highest BCUT2D eigenvalue weighted by Crippen LogP contribution is 2.43. The number of amides is 2. The molecule has 0 saturated carbocycles. The standard InChI is InChI=1S/C18H14Cl2N6O5S2/c19-9-5-6(3-4-22-9)32-8-2-1-7-10(16(28)26(7)13(8)17(29)30)23-15(27)12(25-31)11-14(20)33-18(21)24-11/h3-5,7,10,31H,1-2H2,(H2,21,24)(H,23,27)(H,29,30)/b25-12-. The third-order valence-corrected chi connectivity index (χ3v) is 7.39. The van der Waals surface area contributed by atoms with E-state index in [9.17, 15) is 24.7 Å². The maximum atomic E-state index is 12.8. The Kier molecular flexibility index (Phi) is 6.47. The van der Waals surface area contributed by atoms with Gasteiger partial charge in [0.25, 0.3) is 11.8 Å². The number of thioether (sulfide) groups is 1. The Morgan fingerprint density at radius 3 is 2.76 bits per heavy atom. The van der Waals surface area contributed by atoms with Crippen LogP contribution in [0.3, 0.4) is 0 Å². The molecule has 4 rings (SSSR count). The average Bonchev–Trinajstić information content (AvgIpc) is 3.09. The third kappa shape index (κ3) is 4.36. The summed E-state index contributed by atoms with van der Waals surface area (Å²) in [6.07, 6.45) is 2.27. The van der Waals surface area contributed by atoms with Crippen molar-refractivity contribution in [3.05, 3.63) is 44.1 Å². The van der Waals surface area contributed by atoms with Gasteiger partial charge in [-0.3, -0.25) is 14.5 Å². The van der Waals surface area contributed by atoms with E-state index in [0.717, 1.165) is 16.2 Å². The number of nitrogens with one attached hydrogen (secondary N) is 1. The summed E-state index contributed by atoms with van der Waals surface area (Å²) in [7, 11) is 0. The smallest absolute Gasteiger partial charge is 0.353 e. The summed E-state index contributed by atoms with van der Waals surface area (Å²) in [6.45, 7) is 0. The number of β-lactam (4-membered cyclic amide) rings is 1. The van der Waals surface area contributed by atoms with Gasteiger partial charge < -0.3 is 21.4 Å². The molecule has 2 amide bonds. The van der Waals surface area contributed by atoms with Gasteiger partial charge in [0, 0.05) is 16.0 Å². The van der Waals surface area contributed by atoms with Gasteiger partial charge in [0.05, 0.1) is 6.04 Å². The molecule has 11 nitrogen and oxygen atoms in total. The Balaban J connectivity index is 1.54. The molecule has 4 heterocycles. The van der Waals surface area contributed by atoms with Gasteiger partial charge in [-0.2, -0.15) is 0 Å². The zero-order valence-corrected chi connectivity index (χ0v) is 19.5. The van der Waals surface area contributed by atoms with Gasteiger partial charge in [0.2, 0.25) is 0 Å². The lowest BCUT2D eigenvalue weighted by Crippen LogP contribution is -2.72. The SMILES string of the molecule is Nc1nc(/C(=N/O)C(=O)NC2C(=O)N3C(C(=O)O)=C(Sc4ccnc(Cl)c4)CCC23)c(Cl)s1. The quantitative estimate of drug-likeness (QED) is 0.144. The molecule has 1 fully saturated rings. The normalized spacial score (nSPS) is 20.4. The van der Waals surface area contributed by atoms with Gasteiger partial charge in [0.1, 0.15) is 26.9 Å². The number of hydrogen-bond donors (Lipinski definition) is 4. The number of fused-ring (bicyclic) bond motifs is 1. The van der Waals surface area contributed by atoms with Crippen LogP contribution in [0.1, 0.15) is 18.5 Å². The van der Waals surface area contributed by atoms with Crippen LogP contribution in [0.5, 0.6) is 0 Å². The number of pyridine rings is 1. The van der Waals surface area contributed by atoms with Crippen LogP contribution < -0.4 is 11.1 Å². The summed E-state index contributed by atoms with van der Waals surface area (Å²) < 4.78 is 0.0451. The number of allylic oxidation sites excluding steroid dienone is 1. The molecule has 0 aliphatic carbocycles. The number of rotatable bonds is 6. The zero-order valence-electron chi connectivity index (χ0n) is 16.4. The van der Waals surface area contributed by atoms with Crippen LogP contribution in [0.25, 0.3) is 0 Å². The highest BCUT2D eigenvalue weighted by Gasteiger charge is 2.53. The van der Waals surface area contributed by atoms with Gasteiger partial charge in [0.15, 0.2) is 10.8 Å². The number of carbonyl (C=O) groups is 3. The summed E-state index contributed by atoms with van der Waals surface area (Å²) in [6, 6.07) is 1.70. The van der Waals surface area contributed by atoms with E-state index >= 15 is 0 Å². The van der Waals surface area contributed by atoms with Gasteiger partial charge in [-0.1, -0.05) is 51.5 Å². The summed E-state index contributed by atoms with van der Waals surface area (Å²) in [5, 5.41) is 24.8. The van der Waals surface area contributed by atoms with Gasteiger partial charge in [-0.05, 0) is 25.0 Å². The molecule has 2 aliphatic heterocycles. The predicted molar refractivity (Wildman–Crippen MR) is 121 cm³/mol. The number of carbonyl (C=O) groups excluding carboxylic acids is 2. The number of carboxylic acids is 1. The number of carboxylic acid groups (broad SMARTS) is 1. The first-order valence-corrected chi connectivity index (χ1v) is 11.6. The first kappa shape index (κ1) is 23.3. The molecule has 2 aromatic rings. The predicted octanol–water partition coefficient (Wildman–Crippen LogP) is 2.18. The summed E-state index contributed by atoms with van der Waals surface area (Å²) in [5.74, 6) is -2.75. The maximum Gasteiger partial charge on any atom is 0.353 e. The van der Waals surface area contributed by atoms with E-state index < -0.39 is 35.6 Å². The van der Waals surface area contributed by atoms with Crippen molar-refractivity contribution in [3.63, 3.8) is 0 Å². The molecule has 0 radical (unpaired) electrons. The first-order chi connectivity index (χ1) is 15.7. The largest absolute Gasteiger partial charge is 0.477 e. The van der Waals surface area contributed by atoms with Crippen molar-refractivity contribution in [3.8, 4) is 0 Å². The van der Waals surface area contributed by atoms with Crippen molar-refractivity contribution in [2.24, 2.45) is 5.16 Å². The lowest BCUT2D eigenvalue weighted by Gasteiger charge is -2.50. The maximum absolute atomic E-state index is 12.8. The molecule has 0 spiro atoms. The molecule has 15 heteroatoms. The average molecular weight is 529 g/mol. The van der Waals surface area contributed by atoms with E-state index in [-0.39, 0.29) is 26.0 Å². The van der Waals surface area contributed by atoms with Gasteiger partial charge in [-0.15, -0.1) is 0 Å².